The molecule has 0 aliphatic carbocycles. The molecule has 0 saturated carbocycles. The molecule has 2 N–H and O–H groups in total. The van der Waals surface area contributed by atoms with Crippen LogP contribution in [0.15, 0.2) is 18.2 Å². The predicted octanol–water partition coefficient (Wildman–Crippen LogP) is 2.38. The van der Waals surface area contributed by atoms with Crippen LogP contribution in [0.2, 0.25) is 0 Å². The third-order valence-corrected chi connectivity index (χ3v) is 4.10. The van der Waals surface area contributed by atoms with Crippen molar-refractivity contribution in [2.24, 2.45) is 5.92 Å². The Kier molecular flexibility index (Phi) is 5.26. The van der Waals surface area contributed by atoms with Crippen LogP contribution >= 0.6 is 0 Å². The third kappa shape index (κ3) is 3.64. The maximum atomic E-state index is 10.0. The molecule has 4 nitrogen and oxygen atoms in total. The number of aliphatic hydroxyl groups excluding tert-OH is 1. The first-order chi connectivity index (χ1) is 9.63. The number of aliphatic hydroxyl groups is 1. The molecule has 0 radical (unpaired) electrons. The Morgan fingerprint density at radius 1 is 1.35 bits per heavy atom. The fraction of sp³-hybridized carbons (Fsp3) is 0.625. The molecule has 0 spiro atoms. The number of nitrogens with zero attached hydrogens (tertiary/aromatic N) is 1. The van der Waals surface area contributed by atoms with Crippen molar-refractivity contribution in [1.29, 1.82) is 0 Å². The van der Waals surface area contributed by atoms with Gasteiger partial charge >= 0.3 is 0 Å². The summed E-state index contributed by atoms with van der Waals surface area (Å²) in [6.07, 6.45) is 2.18. The zero-order valence-corrected chi connectivity index (χ0v) is 12.4. The summed E-state index contributed by atoms with van der Waals surface area (Å²) in [5.41, 5.74) is 0.890. The van der Waals surface area contributed by atoms with Gasteiger partial charge in [0, 0.05) is 31.3 Å². The molecule has 1 saturated heterocycles. The van der Waals surface area contributed by atoms with Gasteiger partial charge in [-0.05, 0) is 50.8 Å². The molecule has 0 bridgehead atoms. The lowest BCUT2D eigenvalue weighted by molar-refractivity contribution is 0.0765. The molecule has 1 aromatic carbocycles. The number of ether oxygens (including phenoxy) is 1. The maximum absolute atomic E-state index is 10.0. The van der Waals surface area contributed by atoms with Crippen LogP contribution < -0.4 is 4.74 Å². The van der Waals surface area contributed by atoms with Crippen molar-refractivity contribution in [2.75, 3.05) is 19.8 Å². The van der Waals surface area contributed by atoms with Crippen LogP contribution in [0, 0.1) is 5.92 Å². The molecule has 1 aliphatic heterocycles. The van der Waals surface area contributed by atoms with E-state index in [9.17, 15) is 10.2 Å². The van der Waals surface area contributed by atoms with Gasteiger partial charge in [0.25, 0.3) is 0 Å². The van der Waals surface area contributed by atoms with Crippen molar-refractivity contribution in [2.45, 2.75) is 39.3 Å². The van der Waals surface area contributed by atoms with E-state index in [0.717, 1.165) is 30.7 Å². The number of phenolic OH excluding ortho intramolecular Hbond substituents is 1. The zero-order valence-electron chi connectivity index (χ0n) is 12.4. The normalized spacial score (nSPS) is 23.8. The molecule has 112 valence electrons. The van der Waals surface area contributed by atoms with Crippen molar-refractivity contribution in [1.82, 2.24) is 4.90 Å². The van der Waals surface area contributed by atoms with E-state index < -0.39 is 0 Å². The second-order valence-corrected chi connectivity index (χ2v) is 5.63. The topological polar surface area (TPSA) is 52.9 Å². The number of rotatable bonds is 5. The molecule has 0 aromatic heterocycles. The molecule has 4 heteroatoms. The minimum atomic E-state index is 0.244. The molecular formula is C16H25NO3. The van der Waals surface area contributed by atoms with Gasteiger partial charge in [-0.15, -0.1) is 0 Å². The van der Waals surface area contributed by atoms with Gasteiger partial charge in [-0.25, -0.2) is 0 Å². The maximum Gasteiger partial charge on any atom is 0.120 e. The van der Waals surface area contributed by atoms with Crippen molar-refractivity contribution in [3.05, 3.63) is 23.8 Å². The van der Waals surface area contributed by atoms with Gasteiger partial charge in [-0.2, -0.15) is 0 Å². The first kappa shape index (κ1) is 15.1. The van der Waals surface area contributed by atoms with Crippen LogP contribution in [0.3, 0.4) is 0 Å². The van der Waals surface area contributed by atoms with Gasteiger partial charge < -0.3 is 14.9 Å². The summed E-state index contributed by atoms with van der Waals surface area (Å²) in [6.45, 7) is 6.60. The van der Waals surface area contributed by atoms with Crippen LogP contribution in [0.4, 0.5) is 0 Å². The molecule has 1 aliphatic rings. The van der Waals surface area contributed by atoms with Crippen molar-refractivity contribution in [3.8, 4) is 11.5 Å². The molecular weight excluding hydrogens is 254 g/mol. The van der Waals surface area contributed by atoms with E-state index in [1.807, 2.05) is 13.0 Å². The van der Waals surface area contributed by atoms with E-state index in [1.54, 1.807) is 12.1 Å². The quantitative estimate of drug-likeness (QED) is 0.869. The second-order valence-electron chi connectivity index (χ2n) is 5.63. The molecule has 20 heavy (non-hydrogen) atoms. The van der Waals surface area contributed by atoms with Crippen LogP contribution in [0.25, 0.3) is 0 Å². The summed E-state index contributed by atoms with van der Waals surface area (Å²) in [4.78, 5) is 2.33. The smallest absolute Gasteiger partial charge is 0.120 e. The van der Waals surface area contributed by atoms with E-state index in [4.69, 9.17) is 4.74 Å². The average Bonchev–Trinajstić information content (AvgIpc) is 2.45. The van der Waals surface area contributed by atoms with Crippen LogP contribution in [-0.4, -0.2) is 40.9 Å². The van der Waals surface area contributed by atoms with Crippen LogP contribution in [0.1, 0.15) is 32.3 Å². The number of hydrogen-bond donors (Lipinski definition) is 2. The molecule has 2 rings (SSSR count). The summed E-state index contributed by atoms with van der Waals surface area (Å²) < 4.78 is 5.49. The van der Waals surface area contributed by atoms with Gasteiger partial charge in [0.1, 0.15) is 11.5 Å². The van der Waals surface area contributed by atoms with Gasteiger partial charge in [-0.1, -0.05) is 0 Å². The van der Waals surface area contributed by atoms with E-state index in [-0.39, 0.29) is 6.61 Å². The Bertz CT molecular complexity index is 436. The highest BCUT2D eigenvalue weighted by molar-refractivity contribution is 5.39. The summed E-state index contributed by atoms with van der Waals surface area (Å²) in [5, 5.41) is 19.3. The summed E-state index contributed by atoms with van der Waals surface area (Å²) in [5.74, 6) is 1.46. The van der Waals surface area contributed by atoms with Crippen LogP contribution in [-0.2, 0) is 6.54 Å². The molecule has 1 fully saturated rings. The van der Waals surface area contributed by atoms with Gasteiger partial charge in [0.05, 0.1) is 6.61 Å². The summed E-state index contributed by atoms with van der Waals surface area (Å²) in [6, 6.07) is 5.87. The summed E-state index contributed by atoms with van der Waals surface area (Å²) >= 11 is 0. The van der Waals surface area contributed by atoms with Crippen molar-refractivity contribution in [3.63, 3.8) is 0 Å². The highest BCUT2D eigenvalue weighted by Crippen LogP contribution is 2.28. The average molecular weight is 279 g/mol. The SMILES string of the molecule is CCOc1ccc(O)c(CN2CC(CO)CCC2C)c1. The molecule has 0 amide bonds. The van der Waals surface area contributed by atoms with Gasteiger partial charge in [0.2, 0.25) is 0 Å². The zero-order chi connectivity index (χ0) is 14.5. The molecule has 1 aromatic rings. The van der Waals surface area contributed by atoms with Crippen LogP contribution in [0.5, 0.6) is 11.5 Å². The fourth-order valence-electron chi connectivity index (χ4n) is 2.80. The number of piperidine rings is 1. The van der Waals surface area contributed by atoms with Gasteiger partial charge in [-0.3, -0.25) is 4.90 Å². The first-order valence-corrected chi connectivity index (χ1v) is 7.43. The first-order valence-electron chi connectivity index (χ1n) is 7.43. The van der Waals surface area contributed by atoms with Gasteiger partial charge in [0.15, 0.2) is 0 Å². The monoisotopic (exact) mass is 279 g/mol. The highest BCUT2D eigenvalue weighted by atomic mass is 16.5. The molecule has 2 unspecified atom stereocenters. The number of hydrogen-bond acceptors (Lipinski definition) is 4. The molecule has 1 heterocycles. The van der Waals surface area contributed by atoms with E-state index in [2.05, 4.69) is 11.8 Å². The number of aromatic hydroxyl groups is 1. The van der Waals surface area contributed by atoms with E-state index in [0.29, 0.717) is 30.9 Å². The predicted molar refractivity (Wildman–Crippen MR) is 79.0 cm³/mol. The Hall–Kier alpha value is -1.26. The van der Waals surface area contributed by atoms with E-state index in [1.165, 1.54) is 0 Å². The Morgan fingerprint density at radius 2 is 2.15 bits per heavy atom. The number of phenols is 1. The Morgan fingerprint density at radius 3 is 2.85 bits per heavy atom. The number of benzene rings is 1. The fourth-order valence-corrected chi connectivity index (χ4v) is 2.80. The largest absolute Gasteiger partial charge is 0.508 e. The minimum absolute atomic E-state index is 0.244. The lowest BCUT2D eigenvalue weighted by Gasteiger charge is -2.37. The summed E-state index contributed by atoms with van der Waals surface area (Å²) in [7, 11) is 0. The van der Waals surface area contributed by atoms with Crippen molar-refractivity contribution >= 4 is 0 Å². The third-order valence-electron chi connectivity index (χ3n) is 4.10. The highest BCUT2D eigenvalue weighted by Gasteiger charge is 2.25. The molecule has 2 atom stereocenters. The second kappa shape index (κ2) is 6.95. The standard InChI is InChI=1S/C16H25NO3/c1-3-20-15-6-7-16(19)14(8-15)10-17-9-13(11-18)5-4-12(17)2/h6-8,12-13,18-19H,3-5,9-11H2,1-2H3. The lowest BCUT2D eigenvalue weighted by atomic mass is 9.93. The Balaban J connectivity index is 2.09. The number of likely N-dealkylation sites (tertiary alicyclic amines) is 1. The Labute approximate surface area is 121 Å². The minimum Gasteiger partial charge on any atom is -0.508 e. The lowest BCUT2D eigenvalue weighted by Crippen LogP contribution is -2.42. The van der Waals surface area contributed by atoms with Crippen molar-refractivity contribution < 1.29 is 14.9 Å². The van der Waals surface area contributed by atoms with E-state index >= 15 is 0 Å².